The van der Waals surface area contributed by atoms with Crippen molar-refractivity contribution in [3.8, 4) is 17.1 Å². The normalized spacial score (nSPS) is 21.4. The molecule has 1 atom stereocenters. The zero-order valence-electron chi connectivity index (χ0n) is 20.2. The molecule has 0 spiro atoms. The van der Waals surface area contributed by atoms with E-state index in [1.54, 1.807) is 12.4 Å². The van der Waals surface area contributed by atoms with Gasteiger partial charge in [0.2, 0.25) is 0 Å². The summed E-state index contributed by atoms with van der Waals surface area (Å²) in [6.07, 6.45) is 5.39. The number of ether oxygens (including phenoxy) is 1. The minimum atomic E-state index is -0.389. The summed E-state index contributed by atoms with van der Waals surface area (Å²) in [6.45, 7) is 9.52. The SMILES string of the molecule is CC1=CN[C@H](C)C(N2CCN(c3cc(-c4n[nH]c5cc(F)c(OC6(C)CC6)cc45)ncn3)CC2)=N1. The monoisotopic (exact) mass is 476 g/mol. The van der Waals surface area contributed by atoms with E-state index in [0.717, 1.165) is 61.8 Å². The predicted octanol–water partition coefficient (Wildman–Crippen LogP) is 3.46. The van der Waals surface area contributed by atoms with Gasteiger partial charge in [0.05, 0.1) is 22.9 Å². The molecule has 2 aromatic heterocycles. The average molecular weight is 477 g/mol. The van der Waals surface area contributed by atoms with Gasteiger partial charge in [0.1, 0.15) is 29.3 Å². The quantitative estimate of drug-likeness (QED) is 0.596. The second-order valence-electron chi connectivity index (χ2n) is 9.83. The highest BCUT2D eigenvalue weighted by molar-refractivity contribution is 5.93. The smallest absolute Gasteiger partial charge is 0.167 e. The molecule has 2 fully saturated rings. The number of nitrogens with zero attached hydrogens (tertiary/aromatic N) is 6. The van der Waals surface area contributed by atoms with E-state index in [1.165, 1.54) is 6.07 Å². The number of benzene rings is 1. The first-order chi connectivity index (χ1) is 16.9. The molecule has 0 unspecified atom stereocenters. The highest BCUT2D eigenvalue weighted by atomic mass is 19.1. The number of nitrogens with one attached hydrogen (secondary N) is 2. The lowest BCUT2D eigenvalue weighted by Gasteiger charge is -2.39. The molecular formula is C25H29FN8O. The van der Waals surface area contributed by atoms with Crippen molar-refractivity contribution >= 4 is 22.6 Å². The van der Waals surface area contributed by atoms with Gasteiger partial charge in [-0.2, -0.15) is 5.10 Å². The number of aromatic nitrogens is 4. The van der Waals surface area contributed by atoms with Crippen LogP contribution in [-0.4, -0.2) is 68.7 Å². The van der Waals surface area contributed by atoms with Crippen molar-refractivity contribution in [2.24, 2.45) is 4.99 Å². The van der Waals surface area contributed by atoms with E-state index in [4.69, 9.17) is 9.73 Å². The fourth-order valence-corrected chi connectivity index (χ4v) is 4.62. The molecule has 1 saturated carbocycles. The van der Waals surface area contributed by atoms with Crippen molar-refractivity contribution in [1.29, 1.82) is 0 Å². The molecule has 182 valence electrons. The summed E-state index contributed by atoms with van der Waals surface area (Å²) >= 11 is 0. The van der Waals surface area contributed by atoms with Crippen LogP contribution >= 0.6 is 0 Å². The van der Waals surface area contributed by atoms with E-state index in [-0.39, 0.29) is 23.2 Å². The number of allylic oxidation sites excluding steroid dienone is 1. The molecule has 1 saturated heterocycles. The molecular weight excluding hydrogens is 447 g/mol. The number of fused-ring (bicyclic) bond motifs is 1. The Labute approximate surface area is 203 Å². The Morgan fingerprint density at radius 1 is 1.09 bits per heavy atom. The van der Waals surface area contributed by atoms with Gasteiger partial charge in [-0.25, -0.2) is 19.4 Å². The van der Waals surface area contributed by atoms with Gasteiger partial charge in [0.25, 0.3) is 0 Å². The van der Waals surface area contributed by atoms with Gasteiger partial charge in [0, 0.05) is 49.9 Å². The lowest BCUT2D eigenvalue weighted by Crippen LogP contribution is -2.54. The second kappa shape index (κ2) is 8.21. The van der Waals surface area contributed by atoms with Gasteiger partial charge in [-0.1, -0.05) is 0 Å². The van der Waals surface area contributed by atoms with Gasteiger partial charge >= 0.3 is 0 Å². The number of aromatic amines is 1. The van der Waals surface area contributed by atoms with Crippen LogP contribution in [0.2, 0.25) is 0 Å². The summed E-state index contributed by atoms with van der Waals surface area (Å²) in [5.74, 6) is 1.80. The van der Waals surface area contributed by atoms with E-state index in [0.29, 0.717) is 16.9 Å². The van der Waals surface area contributed by atoms with Crippen molar-refractivity contribution in [3.05, 3.63) is 42.2 Å². The van der Waals surface area contributed by atoms with Crippen LogP contribution < -0.4 is 15.0 Å². The zero-order chi connectivity index (χ0) is 24.2. The molecule has 10 heteroatoms. The van der Waals surface area contributed by atoms with Gasteiger partial charge < -0.3 is 19.9 Å². The third-order valence-electron chi connectivity index (χ3n) is 6.97. The summed E-state index contributed by atoms with van der Waals surface area (Å²) in [4.78, 5) is 18.3. The Kier molecular flexibility index (Phi) is 5.12. The topological polar surface area (TPSA) is 94.6 Å². The molecule has 3 aromatic rings. The molecule has 3 aliphatic rings. The summed E-state index contributed by atoms with van der Waals surface area (Å²) in [5, 5.41) is 11.5. The maximum atomic E-state index is 14.6. The molecule has 2 N–H and O–H groups in total. The van der Waals surface area contributed by atoms with E-state index in [9.17, 15) is 4.39 Å². The summed E-state index contributed by atoms with van der Waals surface area (Å²) in [7, 11) is 0. The molecule has 2 aliphatic heterocycles. The average Bonchev–Trinajstić information content (AvgIpc) is 3.45. The number of piperazine rings is 1. The molecule has 9 nitrogen and oxygen atoms in total. The zero-order valence-corrected chi connectivity index (χ0v) is 20.2. The third-order valence-corrected chi connectivity index (χ3v) is 6.97. The van der Waals surface area contributed by atoms with E-state index >= 15 is 0 Å². The third kappa shape index (κ3) is 4.17. The van der Waals surface area contributed by atoms with Crippen molar-refractivity contribution in [1.82, 2.24) is 30.4 Å². The fourth-order valence-electron chi connectivity index (χ4n) is 4.62. The van der Waals surface area contributed by atoms with Crippen molar-refractivity contribution < 1.29 is 9.13 Å². The molecule has 6 rings (SSSR count). The predicted molar refractivity (Wildman–Crippen MR) is 133 cm³/mol. The molecule has 0 bridgehead atoms. The van der Waals surface area contributed by atoms with Crippen molar-refractivity contribution in [2.75, 3.05) is 31.1 Å². The number of H-pyrrole nitrogens is 1. The summed E-state index contributed by atoms with van der Waals surface area (Å²) in [6, 6.07) is 5.32. The lowest BCUT2D eigenvalue weighted by molar-refractivity contribution is 0.191. The maximum absolute atomic E-state index is 14.6. The number of hydrogen-bond donors (Lipinski definition) is 2. The van der Waals surface area contributed by atoms with Crippen LogP contribution in [0.25, 0.3) is 22.3 Å². The van der Waals surface area contributed by atoms with E-state index < -0.39 is 0 Å². The first-order valence-electron chi connectivity index (χ1n) is 12.1. The molecule has 1 aliphatic carbocycles. The van der Waals surface area contributed by atoms with E-state index in [1.807, 2.05) is 26.1 Å². The van der Waals surface area contributed by atoms with Crippen LogP contribution in [0, 0.1) is 5.82 Å². The maximum Gasteiger partial charge on any atom is 0.167 e. The number of aliphatic imine (C=N–C) groups is 1. The van der Waals surface area contributed by atoms with Crippen LogP contribution in [0.15, 0.2) is 41.4 Å². The van der Waals surface area contributed by atoms with Crippen molar-refractivity contribution in [3.63, 3.8) is 0 Å². The summed E-state index contributed by atoms with van der Waals surface area (Å²) in [5.41, 5.74) is 2.68. The molecule has 4 heterocycles. The van der Waals surface area contributed by atoms with Gasteiger partial charge in [-0.05, 0) is 39.7 Å². The standard InChI is InChI=1S/C25H29FN8O/c1-15-13-27-16(2)24(30-15)34-8-6-33(7-9-34)22-12-20(28-14-29-22)23-17-10-21(35-25(3)4-5-25)18(26)11-19(17)31-32-23/h10-14,16,27H,4-9H2,1-3H3,(H,31,32)/t16-/m1/s1. The van der Waals surface area contributed by atoms with Gasteiger partial charge in [-0.15, -0.1) is 0 Å². The number of hydrogen-bond acceptors (Lipinski definition) is 8. The Hall–Kier alpha value is -3.69. The molecule has 0 amide bonds. The molecule has 1 aromatic carbocycles. The largest absolute Gasteiger partial charge is 0.484 e. The Morgan fingerprint density at radius 2 is 1.86 bits per heavy atom. The highest BCUT2D eigenvalue weighted by Gasteiger charge is 2.40. The van der Waals surface area contributed by atoms with Crippen LogP contribution in [0.1, 0.15) is 33.6 Å². The van der Waals surface area contributed by atoms with Crippen LogP contribution in [-0.2, 0) is 0 Å². The van der Waals surface area contributed by atoms with Crippen LogP contribution in [0.4, 0.5) is 10.2 Å². The Bertz CT molecular complexity index is 1340. The highest BCUT2D eigenvalue weighted by Crippen LogP contribution is 2.41. The number of halogens is 1. The molecule has 0 radical (unpaired) electrons. The minimum Gasteiger partial charge on any atom is -0.484 e. The van der Waals surface area contributed by atoms with Gasteiger partial charge in [-0.3, -0.25) is 5.10 Å². The number of amidine groups is 1. The van der Waals surface area contributed by atoms with Crippen molar-refractivity contribution in [2.45, 2.75) is 45.3 Å². The Morgan fingerprint density at radius 3 is 2.63 bits per heavy atom. The van der Waals surface area contributed by atoms with Gasteiger partial charge in [0.15, 0.2) is 11.6 Å². The molecule has 35 heavy (non-hydrogen) atoms. The van der Waals surface area contributed by atoms with Crippen LogP contribution in [0.3, 0.4) is 0 Å². The Balaban J connectivity index is 1.23. The van der Waals surface area contributed by atoms with Crippen LogP contribution in [0.5, 0.6) is 5.75 Å². The lowest BCUT2D eigenvalue weighted by atomic mass is 10.1. The summed E-state index contributed by atoms with van der Waals surface area (Å²) < 4.78 is 20.5. The first kappa shape index (κ1) is 21.8. The second-order valence-corrected chi connectivity index (χ2v) is 9.83. The number of rotatable bonds is 4. The minimum absolute atomic E-state index is 0.199. The number of anilines is 1. The van der Waals surface area contributed by atoms with E-state index in [2.05, 4.69) is 42.2 Å². The fraction of sp³-hybridized carbons (Fsp3) is 0.440. The first-order valence-corrected chi connectivity index (χ1v) is 12.1.